The second-order valence-corrected chi connectivity index (χ2v) is 8.85. The number of aryl methyl sites for hydroxylation is 2. The van der Waals surface area contributed by atoms with E-state index < -0.39 is 0 Å². The van der Waals surface area contributed by atoms with E-state index in [9.17, 15) is 0 Å². The molecule has 4 aromatic rings. The zero-order valence-corrected chi connectivity index (χ0v) is 17.7. The van der Waals surface area contributed by atoms with Crippen LogP contribution in [-0.2, 0) is 6.54 Å². The Hall–Kier alpha value is -3.13. The molecule has 1 fully saturated rings. The normalized spacial score (nSPS) is 17.8. The van der Waals surface area contributed by atoms with E-state index in [0.717, 1.165) is 34.0 Å². The van der Waals surface area contributed by atoms with Crippen molar-refractivity contribution in [2.75, 3.05) is 11.9 Å². The number of hydrogen-bond donors (Lipinski definition) is 1. The van der Waals surface area contributed by atoms with Gasteiger partial charge in [-0.05, 0) is 44.5 Å². The number of anilines is 1. The van der Waals surface area contributed by atoms with Gasteiger partial charge in [-0.25, -0.2) is 9.97 Å². The van der Waals surface area contributed by atoms with Gasteiger partial charge in [0.25, 0.3) is 0 Å². The van der Waals surface area contributed by atoms with Gasteiger partial charge in [0.1, 0.15) is 11.6 Å². The fourth-order valence-electron chi connectivity index (χ4n) is 3.54. The van der Waals surface area contributed by atoms with Gasteiger partial charge in [0.15, 0.2) is 0 Å². The molecule has 0 aromatic carbocycles. The molecule has 0 radical (unpaired) electrons. The summed E-state index contributed by atoms with van der Waals surface area (Å²) >= 11 is 1.68. The number of hydrogen-bond acceptors (Lipinski definition) is 8. The molecule has 4 aromatic heterocycles. The standard InChI is InChI=1S/C22H22N6OS/c1-13-26-21(25-11-16-10-24-14(2)30-16)9-22(27-13)29-12-15-8-17(15)18-5-6-19-20(28-18)4-3-7-23-19/h3-7,9-10,15,17H,8,11-12H2,1-2H3,(H,25,26,27)/t15-,17+/m1/s1. The first-order valence-electron chi connectivity index (χ1n) is 9.99. The lowest BCUT2D eigenvalue weighted by Crippen LogP contribution is -2.07. The fraction of sp³-hybridized carbons (Fsp3) is 0.318. The minimum Gasteiger partial charge on any atom is -0.477 e. The van der Waals surface area contributed by atoms with Crippen molar-refractivity contribution in [3.63, 3.8) is 0 Å². The molecule has 0 amide bonds. The Morgan fingerprint density at radius 3 is 2.90 bits per heavy atom. The van der Waals surface area contributed by atoms with E-state index in [1.54, 1.807) is 17.5 Å². The predicted octanol–water partition coefficient (Wildman–Crippen LogP) is 4.29. The van der Waals surface area contributed by atoms with E-state index in [-0.39, 0.29) is 0 Å². The number of nitrogens with one attached hydrogen (secondary N) is 1. The lowest BCUT2D eigenvalue weighted by atomic mass is 10.2. The average Bonchev–Trinajstić information content (AvgIpc) is 3.42. The molecule has 1 N–H and O–H groups in total. The summed E-state index contributed by atoms with van der Waals surface area (Å²) in [5.74, 6) is 2.95. The van der Waals surface area contributed by atoms with Crippen LogP contribution < -0.4 is 10.1 Å². The minimum absolute atomic E-state index is 0.435. The smallest absolute Gasteiger partial charge is 0.218 e. The van der Waals surface area contributed by atoms with Crippen molar-refractivity contribution in [1.82, 2.24) is 24.9 Å². The highest BCUT2D eigenvalue weighted by Gasteiger charge is 2.40. The van der Waals surface area contributed by atoms with Crippen molar-refractivity contribution in [2.45, 2.75) is 32.7 Å². The third-order valence-corrected chi connectivity index (χ3v) is 6.07. The highest BCUT2D eigenvalue weighted by Crippen LogP contribution is 2.47. The van der Waals surface area contributed by atoms with Crippen LogP contribution in [0.1, 0.15) is 33.7 Å². The van der Waals surface area contributed by atoms with Crippen LogP contribution in [0.15, 0.2) is 42.7 Å². The second-order valence-electron chi connectivity index (χ2n) is 7.53. The van der Waals surface area contributed by atoms with Crippen LogP contribution in [0.5, 0.6) is 5.88 Å². The molecule has 2 atom stereocenters. The van der Waals surface area contributed by atoms with E-state index in [1.165, 1.54) is 4.88 Å². The van der Waals surface area contributed by atoms with Gasteiger partial charge in [0.05, 0.1) is 29.2 Å². The molecule has 152 valence electrons. The summed E-state index contributed by atoms with van der Waals surface area (Å²) in [5, 5.41) is 4.39. The Kier molecular flexibility index (Phi) is 5.00. The van der Waals surface area contributed by atoms with Crippen molar-refractivity contribution < 1.29 is 4.74 Å². The van der Waals surface area contributed by atoms with Crippen molar-refractivity contribution in [3.8, 4) is 5.88 Å². The Morgan fingerprint density at radius 2 is 2.03 bits per heavy atom. The molecule has 4 heterocycles. The monoisotopic (exact) mass is 418 g/mol. The first-order chi connectivity index (χ1) is 14.6. The van der Waals surface area contributed by atoms with Crippen LogP contribution in [0.25, 0.3) is 11.0 Å². The predicted molar refractivity (Wildman–Crippen MR) is 117 cm³/mol. The zero-order chi connectivity index (χ0) is 20.5. The summed E-state index contributed by atoms with van der Waals surface area (Å²) in [6, 6.07) is 9.91. The second kappa shape index (κ2) is 7.95. The van der Waals surface area contributed by atoms with E-state index in [1.807, 2.05) is 44.3 Å². The molecule has 0 bridgehead atoms. The molecule has 1 saturated carbocycles. The van der Waals surface area contributed by atoms with Gasteiger partial charge in [-0.3, -0.25) is 9.97 Å². The molecular weight excluding hydrogens is 396 g/mol. The van der Waals surface area contributed by atoms with Crippen LogP contribution in [0.4, 0.5) is 5.82 Å². The summed E-state index contributed by atoms with van der Waals surface area (Å²) in [6.45, 7) is 5.20. The molecule has 0 spiro atoms. The van der Waals surface area contributed by atoms with E-state index in [2.05, 4.69) is 31.3 Å². The maximum atomic E-state index is 6.01. The SMILES string of the molecule is Cc1nc(NCc2cnc(C)s2)cc(OC[C@H]2C[C@@H]2c2ccc3ncccc3n2)n1. The first kappa shape index (κ1) is 18.9. The van der Waals surface area contributed by atoms with Crippen molar-refractivity contribution >= 4 is 28.2 Å². The van der Waals surface area contributed by atoms with Gasteiger partial charge in [0.2, 0.25) is 5.88 Å². The number of pyridine rings is 2. The third-order valence-electron chi connectivity index (χ3n) is 5.15. The molecule has 0 aliphatic heterocycles. The quantitative estimate of drug-likeness (QED) is 0.479. The lowest BCUT2D eigenvalue weighted by Gasteiger charge is -2.09. The lowest BCUT2D eigenvalue weighted by molar-refractivity contribution is 0.284. The molecule has 30 heavy (non-hydrogen) atoms. The zero-order valence-electron chi connectivity index (χ0n) is 16.9. The fourth-order valence-corrected chi connectivity index (χ4v) is 4.27. The summed E-state index contributed by atoms with van der Waals surface area (Å²) in [5.41, 5.74) is 2.99. The number of rotatable bonds is 7. The van der Waals surface area contributed by atoms with Crippen molar-refractivity contribution in [2.24, 2.45) is 5.92 Å². The molecular formula is C22H22N6OS. The summed E-state index contributed by atoms with van der Waals surface area (Å²) in [7, 11) is 0. The van der Waals surface area contributed by atoms with Crippen LogP contribution in [0.2, 0.25) is 0 Å². The number of ether oxygens (including phenoxy) is 1. The number of nitrogens with zero attached hydrogens (tertiary/aromatic N) is 5. The van der Waals surface area contributed by atoms with E-state index >= 15 is 0 Å². The maximum absolute atomic E-state index is 6.01. The molecule has 7 nitrogen and oxygen atoms in total. The molecule has 1 aliphatic rings. The van der Waals surface area contributed by atoms with Crippen LogP contribution in [0, 0.1) is 19.8 Å². The highest BCUT2D eigenvalue weighted by molar-refractivity contribution is 7.11. The molecule has 0 unspecified atom stereocenters. The van der Waals surface area contributed by atoms with Crippen LogP contribution in [0.3, 0.4) is 0 Å². The third kappa shape index (κ3) is 4.23. The average molecular weight is 419 g/mol. The van der Waals surface area contributed by atoms with E-state index in [0.29, 0.717) is 36.7 Å². The summed E-state index contributed by atoms with van der Waals surface area (Å²) < 4.78 is 6.01. The van der Waals surface area contributed by atoms with Gasteiger partial charge in [0, 0.05) is 40.9 Å². The minimum atomic E-state index is 0.435. The van der Waals surface area contributed by atoms with Crippen molar-refractivity contribution in [1.29, 1.82) is 0 Å². The van der Waals surface area contributed by atoms with Gasteiger partial charge >= 0.3 is 0 Å². The number of fused-ring (bicyclic) bond motifs is 1. The van der Waals surface area contributed by atoms with Gasteiger partial charge in [-0.1, -0.05) is 0 Å². The Bertz CT molecular complexity index is 1190. The Labute approximate surface area is 178 Å². The van der Waals surface area contributed by atoms with Gasteiger partial charge in [-0.15, -0.1) is 11.3 Å². The Balaban J connectivity index is 1.19. The van der Waals surface area contributed by atoms with Crippen LogP contribution >= 0.6 is 11.3 Å². The largest absolute Gasteiger partial charge is 0.477 e. The molecule has 5 rings (SSSR count). The first-order valence-corrected chi connectivity index (χ1v) is 10.8. The molecule has 0 saturated heterocycles. The number of thiazole rings is 1. The Morgan fingerprint density at radius 1 is 1.10 bits per heavy atom. The molecule has 8 heteroatoms. The number of aromatic nitrogens is 5. The summed E-state index contributed by atoms with van der Waals surface area (Å²) in [6.07, 6.45) is 4.77. The van der Waals surface area contributed by atoms with Crippen LogP contribution in [-0.4, -0.2) is 31.5 Å². The van der Waals surface area contributed by atoms with Gasteiger partial charge in [-0.2, -0.15) is 4.98 Å². The van der Waals surface area contributed by atoms with E-state index in [4.69, 9.17) is 9.72 Å². The van der Waals surface area contributed by atoms with Crippen molar-refractivity contribution in [3.05, 3.63) is 64.1 Å². The maximum Gasteiger partial charge on any atom is 0.218 e. The molecule has 1 aliphatic carbocycles. The topological polar surface area (TPSA) is 85.7 Å². The highest BCUT2D eigenvalue weighted by atomic mass is 32.1. The van der Waals surface area contributed by atoms with Gasteiger partial charge < -0.3 is 10.1 Å². The summed E-state index contributed by atoms with van der Waals surface area (Å²) in [4.78, 5) is 23.4.